The van der Waals surface area contributed by atoms with Gasteiger partial charge in [0.05, 0.1) is 11.3 Å². The number of anilines is 1. The van der Waals surface area contributed by atoms with Gasteiger partial charge in [0.25, 0.3) is 5.91 Å². The molecule has 1 unspecified atom stereocenters. The van der Waals surface area contributed by atoms with Gasteiger partial charge in [-0.2, -0.15) is 5.06 Å². The number of hydrogen-bond acceptors (Lipinski definition) is 3. The fraction of sp³-hybridized carbons (Fsp3) is 0.571. The number of benzene rings is 1. The number of carbonyl (C=O) groups excluding carboxylic acids is 1. The number of para-hydroxylation sites is 1. The molecule has 0 aliphatic carbocycles. The van der Waals surface area contributed by atoms with Gasteiger partial charge in [0.2, 0.25) is 0 Å². The van der Waals surface area contributed by atoms with Crippen molar-refractivity contribution < 1.29 is 10.0 Å². The Hall–Kier alpha value is -1.81. The van der Waals surface area contributed by atoms with Gasteiger partial charge >= 0.3 is 0 Å². The molecular weight excluding hydrogens is 312 g/mol. The summed E-state index contributed by atoms with van der Waals surface area (Å²) < 4.78 is 0. The predicted molar refractivity (Wildman–Crippen MR) is 103 cm³/mol. The number of rotatable bonds is 10. The Bertz CT molecular complexity index is 571. The van der Waals surface area contributed by atoms with Gasteiger partial charge in [-0.3, -0.25) is 10.0 Å². The topological polar surface area (TPSA) is 43.8 Å². The summed E-state index contributed by atoms with van der Waals surface area (Å²) in [7, 11) is 0. The van der Waals surface area contributed by atoms with E-state index in [0.717, 1.165) is 36.6 Å². The van der Waals surface area contributed by atoms with Crippen LogP contribution in [0.1, 0.15) is 75.6 Å². The predicted octanol–water partition coefficient (Wildman–Crippen LogP) is 5.38. The van der Waals surface area contributed by atoms with Crippen molar-refractivity contribution >= 4 is 11.6 Å². The van der Waals surface area contributed by atoms with E-state index in [1.807, 2.05) is 24.3 Å². The van der Waals surface area contributed by atoms with Gasteiger partial charge in [-0.15, -0.1) is 0 Å². The van der Waals surface area contributed by atoms with Crippen LogP contribution in [0.4, 0.5) is 5.69 Å². The molecule has 0 aromatic heterocycles. The van der Waals surface area contributed by atoms with E-state index in [1.165, 1.54) is 32.1 Å². The summed E-state index contributed by atoms with van der Waals surface area (Å²) in [6.45, 7) is 5.19. The Morgan fingerprint density at radius 1 is 1.04 bits per heavy atom. The summed E-state index contributed by atoms with van der Waals surface area (Å²) in [5.74, 6) is -0.319. The fourth-order valence-electron chi connectivity index (χ4n) is 3.31. The third-order valence-electron chi connectivity index (χ3n) is 4.74. The normalized spacial score (nSPS) is 17.4. The van der Waals surface area contributed by atoms with Gasteiger partial charge in [-0.25, -0.2) is 0 Å². The van der Waals surface area contributed by atoms with Crippen molar-refractivity contribution in [1.29, 1.82) is 0 Å². The van der Waals surface area contributed by atoms with Crippen LogP contribution in [-0.2, 0) is 0 Å². The molecule has 1 aromatic rings. The Kier molecular flexibility index (Phi) is 7.99. The van der Waals surface area contributed by atoms with E-state index in [2.05, 4.69) is 24.8 Å². The zero-order chi connectivity index (χ0) is 18.1. The van der Waals surface area contributed by atoms with E-state index in [4.69, 9.17) is 0 Å². The number of nitrogens with zero attached hydrogens (tertiary/aromatic N) is 2. The van der Waals surface area contributed by atoms with E-state index in [-0.39, 0.29) is 5.91 Å². The van der Waals surface area contributed by atoms with E-state index in [9.17, 15) is 10.0 Å². The van der Waals surface area contributed by atoms with Crippen LogP contribution in [-0.4, -0.2) is 28.9 Å². The third-order valence-corrected chi connectivity index (χ3v) is 4.74. The van der Waals surface area contributed by atoms with Crippen LogP contribution < -0.4 is 4.90 Å². The van der Waals surface area contributed by atoms with Crippen molar-refractivity contribution in [2.45, 2.75) is 71.4 Å². The van der Waals surface area contributed by atoms with Crippen LogP contribution in [0.3, 0.4) is 0 Å². The van der Waals surface area contributed by atoms with Crippen LogP contribution in [0, 0.1) is 0 Å². The number of hydroxylamine groups is 2. The lowest BCUT2D eigenvalue weighted by molar-refractivity contribution is -0.0799. The molecule has 1 aromatic carbocycles. The second-order valence-electron chi connectivity index (χ2n) is 6.76. The first-order valence-corrected chi connectivity index (χ1v) is 9.75. The van der Waals surface area contributed by atoms with E-state index < -0.39 is 6.17 Å². The molecule has 1 aliphatic heterocycles. The van der Waals surface area contributed by atoms with Crippen molar-refractivity contribution in [3.63, 3.8) is 0 Å². The number of unbranched alkanes of at least 4 members (excludes halogenated alkanes) is 6. The first-order chi connectivity index (χ1) is 12.2. The lowest BCUT2D eigenvalue weighted by Gasteiger charge is -2.41. The number of allylic oxidation sites excluding steroid dienone is 1. The van der Waals surface area contributed by atoms with Crippen LogP contribution >= 0.6 is 0 Å². The SMILES string of the molecule is CCCC=CC1N(O)C(=O)c2ccccc2N1CCCCCCCC. The van der Waals surface area contributed by atoms with Gasteiger partial charge in [-0.1, -0.05) is 70.6 Å². The maximum Gasteiger partial charge on any atom is 0.281 e. The zero-order valence-corrected chi connectivity index (χ0v) is 15.7. The molecule has 1 N–H and O–H groups in total. The molecule has 0 saturated heterocycles. The van der Waals surface area contributed by atoms with Crippen LogP contribution in [0.2, 0.25) is 0 Å². The summed E-state index contributed by atoms with van der Waals surface area (Å²) in [6, 6.07) is 7.58. The maximum atomic E-state index is 12.5. The molecule has 0 spiro atoms. The average Bonchev–Trinajstić information content (AvgIpc) is 2.64. The molecule has 1 heterocycles. The second kappa shape index (κ2) is 10.2. The Balaban J connectivity index is 2.11. The molecule has 1 aliphatic rings. The van der Waals surface area contributed by atoms with Gasteiger partial charge in [0.15, 0.2) is 0 Å². The summed E-state index contributed by atoms with van der Waals surface area (Å²) in [5, 5.41) is 11.3. The molecule has 1 atom stereocenters. The second-order valence-corrected chi connectivity index (χ2v) is 6.76. The molecule has 0 radical (unpaired) electrons. The highest BCUT2D eigenvalue weighted by Gasteiger charge is 2.35. The molecule has 2 rings (SSSR count). The highest BCUT2D eigenvalue weighted by atomic mass is 16.5. The van der Waals surface area contributed by atoms with E-state index >= 15 is 0 Å². The van der Waals surface area contributed by atoms with Crippen LogP contribution in [0.5, 0.6) is 0 Å². The minimum absolute atomic E-state index is 0.319. The minimum Gasteiger partial charge on any atom is -0.345 e. The van der Waals surface area contributed by atoms with Crippen LogP contribution in [0.25, 0.3) is 0 Å². The van der Waals surface area contributed by atoms with Crippen molar-refractivity contribution in [3.8, 4) is 0 Å². The molecule has 1 amide bonds. The first kappa shape index (κ1) is 19.5. The lowest BCUT2D eigenvalue weighted by Crippen LogP contribution is -2.53. The highest BCUT2D eigenvalue weighted by Crippen LogP contribution is 2.31. The number of amides is 1. The number of carbonyl (C=O) groups is 1. The molecule has 4 nitrogen and oxygen atoms in total. The Morgan fingerprint density at radius 2 is 1.76 bits per heavy atom. The van der Waals surface area contributed by atoms with E-state index in [1.54, 1.807) is 6.07 Å². The molecule has 25 heavy (non-hydrogen) atoms. The molecule has 0 saturated carbocycles. The number of hydrogen-bond donors (Lipinski definition) is 1. The van der Waals surface area contributed by atoms with Crippen molar-refractivity contribution in [2.75, 3.05) is 11.4 Å². The van der Waals surface area contributed by atoms with Gasteiger partial charge in [0, 0.05) is 6.54 Å². The van der Waals surface area contributed by atoms with Crippen molar-refractivity contribution in [2.24, 2.45) is 0 Å². The van der Waals surface area contributed by atoms with Crippen molar-refractivity contribution in [1.82, 2.24) is 5.06 Å². The molecule has 138 valence electrons. The third kappa shape index (κ3) is 5.08. The molecule has 4 heteroatoms. The summed E-state index contributed by atoms with van der Waals surface area (Å²) in [6.07, 6.45) is 12.9. The first-order valence-electron chi connectivity index (χ1n) is 9.75. The monoisotopic (exact) mass is 344 g/mol. The molecule has 0 bridgehead atoms. The summed E-state index contributed by atoms with van der Waals surface area (Å²) in [5.41, 5.74) is 1.51. The standard InChI is InChI=1S/C21H32N2O2/c1-3-5-7-8-9-13-17-22-19-15-12-11-14-18(19)21(24)23(25)20(22)16-10-6-4-2/h10-12,14-16,20,25H,3-9,13,17H2,1-2H3. The molecular formula is C21H32N2O2. The van der Waals surface area contributed by atoms with Gasteiger partial charge in [0.1, 0.15) is 6.17 Å². The van der Waals surface area contributed by atoms with E-state index in [0.29, 0.717) is 5.56 Å². The fourth-order valence-corrected chi connectivity index (χ4v) is 3.31. The summed E-state index contributed by atoms with van der Waals surface area (Å²) >= 11 is 0. The Labute approximate surface area is 152 Å². The smallest absolute Gasteiger partial charge is 0.281 e. The maximum absolute atomic E-state index is 12.5. The summed E-state index contributed by atoms with van der Waals surface area (Å²) in [4.78, 5) is 14.6. The highest BCUT2D eigenvalue weighted by molar-refractivity contribution is 6.01. The van der Waals surface area contributed by atoms with Gasteiger partial charge in [-0.05, 0) is 31.1 Å². The van der Waals surface area contributed by atoms with Crippen LogP contribution in [0.15, 0.2) is 36.4 Å². The minimum atomic E-state index is -0.412. The largest absolute Gasteiger partial charge is 0.345 e. The molecule has 0 fully saturated rings. The van der Waals surface area contributed by atoms with Gasteiger partial charge < -0.3 is 4.90 Å². The lowest BCUT2D eigenvalue weighted by atomic mass is 10.0. The quantitative estimate of drug-likeness (QED) is 0.352. The number of fused-ring (bicyclic) bond motifs is 1. The average molecular weight is 344 g/mol. The van der Waals surface area contributed by atoms with Crippen molar-refractivity contribution in [3.05, 3.63) is 42.0 Å². The zero-order valence-electron chi connectivity index (χ0n) is 15.7. The Morgan fingerprint density at radius 3 is 2.52 bits per heavy atom.